The van der Waals surface area contributed by atoms with E-state index in [1.807, 2.05) is 18.2 Å². The highest BCUT2D eigenvalue weighted by Crippen LogP contribution is 2.42. The third-order valence-electron chi connectivity index (χ3n) is 4.13. The number of fused-ring (bicyclic) bond motifs is 2. The van der Waals surface area contributed by atoms with Crippen molar-refractivity contribution in [3.8, 4) is 5.75 Å². The standard InChI is InChI=1S/C15H19NO/c17-15-4-2-1-3-13(15)9-16-10-14-8-11-5-6-12(14)7-11/h1-6,11-12,14,16-17H,7-10H2. The highest BCUT2D eigenvalue weighted by atomic mass is 16.3. The van der Waals surface area contributed by atoms with Crippen molar-refractivity contribution in [1.82, 2.24) is 5.32 Å². The summed E-state index contributed by atoms with van der Waals surface area (Å²) in [5.41, 5.74) is 0.992. The van der Waals surface area contributed by atoms with E-state index >= 15 is 0 Å². The zero-order valence-corrected chi connectivity index (χ0v) is 9.97. The lowest BCUT2D eigenvalue weighted by Crippen LogP contribution is -2.25. The van der Waals surface area contributed by atoms with Crippen LogP contribution in [0, 0.1) is 17.8 Å². The number of rotatable bonds is 4. The van der Waals surface area contributed by atoms with E-state index in [1.54, 1.807) is 6.07 Å². The van der Waals surface area contributed by atoms with E-state index in [2.05, 4.69) is 17.5 Å². The Morgan fingerprint density at radius 3 is 2.76 bits per heavy atom. The van der Waals surface area contributed by atoms with Crippen molar-refractivity contribution >= 4 is 0 Å². The highest BCUT2D eigenvalue weighted by molar-refractivity contribution is 5.31. The van der Waals surface area contributed by atoms with Crippen LogP contribution in [-0.4, -0.2) is 11.7 Å². The number of phenols is 1. The van der Waals surface area contributed by atoms with Gasteiger partial charge in [-0.2, -0.15) is 0 Å². The first-order valence-electron chi connectivity index (χ1n) is 6.49. The van der Waals surface area contributed by atoms with Crippen molar-refractivity contribution in [2.75, 3.05) is 6.54 Å². The molecule has 2 heteroatoms. The average Bonchev–Trinajstić information content (AvgIpc) is 2.94. The highest BCUT2D eigenvalue weighted by Gasteiger charge is 2.34. The van der Waals surface area contributed by atoms with Crippen LogP contribution in [0.3, 0.4) is 0 Å². The van der Waals surface area contributed by atoms with Gasteiger partial charge in [0.15, 0.2) is 0 Å². The molecule has 0 aliphatic heterocycles. The van der Waals surface area contributed by atoms with Crippen LogP contribution in [0.25, 0.3) is 0 Å². The lowest BCUT2D eigenvalue weighted by atomic mass is 9.93. The molecular formula is C15H19NO. The fraction of sp³-hybridized carbons (Fsp3) is 0.467. The molecule has 2 bridgehead atoms. The molecule has 3 rings (SSSR count). The van der Waals surface area contributed by atoms with Crippen LogP contribution in [-0.2, 0) is 6.54 Å². The number of hydrogen-bond donors (Lipinski definition) is 2. The summed E-state index contributed by atoms with van der Waals surface area (Å²) in [5.74, 6) is 2.84. The van der Waals surface area contributed by atoms with E-state index in [0.29, 0.717) is 5.75 Å². The predicted molar refractivity (Wildman–Crippen MR) is 68.7 cm³/mol. The van der Waals surface area contributed by atoms with Crippen LogP contribution >= 0.6 is 0 Å². The van der Waals surface area contributed by atoms with E-state index < -0.39 is 0 Å². The molecule has 2 N–H and O–H groups in total. The summed E-state index contributed by atoms with van der Waals surface area (Å²) in [6, 6.07) is 7.55. The molecule has 0 radical (unpaired) electrons. The molecule has 0 spiro atoms. The summed E-state index contributed by atoms with van der Waals surface area (Å²) >= 11 is 0. The van der Waals surface area contributed by atoms with Crippen LogP contribution < -0.4 is 5.32 Å². The molecule has 2 aliphatic rings. The van der Waals surface area contributed by atoms with Gasteiger partial charge in [0, 0.05) is 12.1 Å². The Labute approximate surface area is 102 Å². The first-order valence-corrected chi connectivity index (χ1v) is 6.49. The molecule has 3 unspecified atom stereocenters. The Morgan fingerprint density at radius 1 is 1.18 bits per heavy atom. The number of para-hydroxylation sites is 1. The van der Waals surface area contributed by atoms with Crippen LogP contribution in [0.2, 0.25) is 0 Å². The Morgan fingerprint density at radius 2 is 2.06 bits per heavy atom. The summed E-state index contributed by atoms with van der Waals surface area (Å²) in [4.78, 5) is 0. The van der Waals surface area contributed by atoms with Gasteiger partial charge in [0.2, 0.25) is 0 Å². The summed E-state index contributed by atoms with van der Waals surface area (Å²) < 4.78 is 0. The number of phenolic OH excluding ortho intramolecular Hbond substituents is 1. The van der Waals surface area contributed by atoms with Gasteiger partial charge < -0.3 is 10.4 Å². The maximum atomic E-state index is 9.66. The van der Waals surface area contributed by atoms with Crippen molar-refractivity contribution in [3.05, 3.63) is 42.0 Å². The van der Waals surface area contributed by atoms with Crippen LogP contribution in [0.1, 0.15) is 18.4 Å². The lowest BCUT2D eigenvalue weighted by molar-refractivity contribution is 0.409. The number of hydrogen-bond acceptors (Lipinski definition) is 2. The zero-order valence-electron chi connectivity index (χ0n) is 9.97. The van der Waals surface area contributed by atoms with Crippen molar-refractivity contribution in [2.45, 2.75) is 19.4 Å². The topological polar surface area (TPSA) is 32.3 Å². The normalized spacial score (nSPS) is 30.0. The van der Waals surface area contributed by atoms with Crippen molar-refractivity contribution < 1.29 is 5.11 Å². The Hall–Kier alpha value is -1.28. The minimum Gasteiger partial charge on any atom is -0.508 e. The number of allylic oxidation sites excluding steroid dienone is 2. The summed E-state index contributed by atoms with van der Waals surface area (Å²) in [5, 5.41) is 13.1. The van der Waals surface area contributed by atoms with Crippen LogP contribution in [0.15, 0.2) is 36.4 Å². The quantitative estimate of drug-likeness (QED) is 0.778. The van der Waals surface area contributed by atoms with Crippen LogP contribution in [0.4, 0.5) is 0 Å². The molecule has 1 fully saturated rings. The Bertz CT molecular complexity index is 427. The fourth-order valence-corrected chi connectivity index (χ4v) is 3.18. The Balaban J connectivity index is 1.50. The van der Waals surface area contributed by atoms with E-state index in [-0.39, 0.29) is 0 Å². The van der Waals surface area contributed by atoms with Crippen molar-refractivity contribution in [1.29, 1.82) is 0 Å². The van der Waals surface area contributed by atoms with Gasteiger partial charge in [-0.1, -0.05) is 30.4 Å². The number of aromatic hydroxyl groups is 1. The second-order valence-corrected chi connectivity index (χ2v) is 5.30. The van der Waals surface area contributed by atoms with Crippen LogP contribution in [0.5, 0.6) is 5.75 Å². The third-order valence-corrected chi connectivity index (χ3v) is 4.13. The summed E-state index contributed by atoms with van der Waals surface area (Å²) in [7, 11) is 0. The number of benzene rings is 1. The zero-order chi connectivity index (χ0) is 11.7. The minimum absolute atomic E-state index is 0.396. The average molecular weight is 229 g/mol. The van der Waals surface area contributed by atoms with Gasteiger partial charge in [-0.05, 0) is 43.2 Å². The van der Waals surface area contributed by atoms with Gasteiger partial charge in [0.25, 0.3) is 0 Å². The number of nitrogens with one attached hydrogen (secondary N) is 1. The second kappa shape index (κ2) is 4.53. The smallest absolute Gasteiger partial charge is 0.120 e. The van der Waals surface area contributed by atoms with Gasteiger partial charge in [-0.25, -0.2) is 0 Å². The SMILES string of the molecule is Oc1ccccc1CNCC1CC2C=CC1C2. The first kappa shape index (κ1) is 10.8. The van der Waals surface area contributed by atoms with E-state index in [0.717, 1.165) is 36.4 Å². The van der Waals surface area contributed by atoms with Gasteiger partial charge in [-0.15, -0.1) is 0 Å². The van der Waals surface area contributed by atoms with Crippen molar-refractivity contribution in [2.24, 2.45) is 17.8 Å². The molecule has 0 saturated heterocycles. The van der Waals surface area contributed by atoms with E-state index in [4.69, 9.17) is 0 Å². The Kier molecular flexibility index (Phi) is 2.89. The first-order chi connectivity index (χ1) is 8.33. The summed E-state index contributed by atoms with van der Waals surface area (Å²) in [6.45, 7) is 1.84. The molecule has 2 nitrogen and oxygen atoms in total. The van der Waals surface area contributed by atoms with Gasteiger partial charge in [-0.3, -0.25) is 0 Å². The molecule has 1 aromatic rings. The maximum absolute atomic E-state index is 9.66. The van der Waals surface area contributed by atoms with Gasteiger partial charge >= 0.3 is 0 Å². The molecule has 0 aromatic heterocycles. The molecule has 0 amide bonds. The minimum atomic E-state index is 0.396. The predicted octanol–water partition coefficient (Wildman–Crippen LogP) is 2.69. The molecule has 17 heavy (non-hydrogen) atoms. The maximum Gasteiger partial charge on any atom is 0.120 e. The molecular weight excluding hydrogens is 210 g/mol. The van der Waals surface area contributed by atoms with E-state index in [1.165, 1.54) is 12.8 Å². The summed E-state index contributed by atoms with van der Waals surface area (Å²) in [6.07, 6.45) is 7.47. The van der Waals surface area contributed by atoms with E-state index in [9.17, 15) is 5.11 Å². The van der Waals surface area contributed by atoms with Gasteiger partial charge in [0.1, 0.15) is 5.75 Å². The molecule has 0 heterocycles. The monoisotopic (exact) mass is 229 g/mol. The molecule has 3 atom stereocenters. The molecule has 90 valence electrons. The molecule has 2 aliphatic carbocycles. The molecule has 1 saturated carbocycles. The second-order valence-electron chi connectivity index (χ2n) is 5.30. The fourth-order valence-electron chi connectivity index (χ4n) is 3.18. The van der Waals surface area contributed by atoms with Gasteiger partial charge in [0.05, 0.1) is 0 Å². The lowest BCUT2D eigenvalue weighted by Gasteiger charge is -2.18. The van der Waals surface area contributed by atoms with Crippen molar-refractivity contribution in [3.63, 3.8) is 0 Å². The molecule has 1 aromatic carbocycles. The largest absolute Gasteiger partial charge is 0.508 e. The third kappa shape index (κ3) is 2.22.